The molecule has 148 valence electrons. The Morgan fingerprint density at radius 2 is 1.69 bits per heavy atom. The maximum absolute atomic E-state index is 12.3. The molecule has 0 bridgehead atoms. The Morgan fingerprint density at radius 1 is 0.966 bits per heavy atom. The summed E-state index contributed by atoms with van der Waals surface area (Å²) in [7, 11) is 0. The molecule has 7 nitrogen and oxygen atoms in total. The van der Waals surface area contributed by atoms with Crippen LogP contribution in [0.2, 0.25) is 0 Å². The van der Waals surface area contributed by atoms with Crippen molar-refractivity contribution >= 4 is 29.9 Å². The maximum atomic E-state index is 12.3. The fourth-order valence-electron chi connectivity index (χ4n) is 2.66. The van der Waals surface area contributed by atoms with E-state index < -0.39 is 17.9 Å². The molecular weight excluding hydrogens is 374 g/mol. The molecule has 0 aliphatic carbocycles. The molecule has 0 spiro atoms. The van der Waals surface area contributed by atoms with Gasteiger partial charge in [-0.1, -0.05) is 6.07 Å². The van der Waals surface area contributed by atoms with Gasteiger partial charge in [0.1, 0.15) is 11.5 Å². The summed E-state index contributed by atoms with van der Waals surface area (Å²) in [6.07, 6.45) is 1.45. The number of carbonyl (C=O) groups excluding carboxylic acids is 3. The van der Waals surface area contributed by atoms with Gasteiger partial charge in [-0.25, -0.2) is 9.79 Å². The monoisotopic (exact) mass is 393 g/mol. The number of aliphatic imine (C=N–C) groups is 1. The summed E-state index contributed by atoms with van der Waals surface area (Å²) >= 11 is 0. The zero-order chi connectivity index (χ0) is 21.1. The molecule has 0 unspecified atom stereocenters. The topological polar surface area (TPSA) is 91.3 Å². The third kappa shape index (κ3) is 4.76. The third-order valence-corrected chi connectivity index (χ3v) is 4.17. The number of aryl methyl sites for hydroxylation is 2. The summed E-state index contributed by atoms with van der Waals surface area (Å²) in [5.74, 6) is -1.13. The predicted molar refractivity (Wildman–Crippen MR) is 106 cm³/mol. The highest BCUT2D eigenvalue weighted by Gasteiger charge is 2.25. The van der Waals surface area contributed by atoms with Gasteiger partial charge in [0.05, 0.1) is 0 Å². The minimum atomic E-state index is -0.615. The molecular formula is C22H19NO6. The molecule has 3 rings (SSSR count). The first-order valence-electron chi connectivity index (χ1n) is 8.84. The van der Waals surface area contributed by atoms with Gasteiger partial charge < -0.3 is 14.2 Å². The standard InChI is InChI=1S/C22H19NO6/c1-12-5-6-17(9-13(12)2)21-23-19(22(26)29-21)10-16-7-8-18(27-14(3)24)11-20(16)28-15(4)25/h5-11H,1-4H3. The quantitative estimate of drug-likeness (QED) is 0.449. The summed E-state index contributed by atoms with van der Waals surface area (Å²) in [6.45, 7) is 6.46. The van der Waals surface area contributed by atoms with E-state index in [1.807, 2.05) is 32.0 Å². The number of carbonyl (C=O) groups is 3. The van der Waals surface area contributed by atoms with Crippen LogP contribution in [0.4, 0.5) is 0 Å². The number of hydrogen-bond acceptors (Lipinski definition) is 7. The summed E-state index contributed by atoms with van der Waals surface area (Å²) in [5, 5.41) is 0. The molecule has 0 aromatic heterocycles. The van der Waals surface area contributed by atoms with Crippen molar-refractivity contribution in [1.29, 1.82) is 0 Å². The summed E-state index contributed by atoms with van der Waals surface area (Å²) in [4.78, 5) is 39.1. The van der Waals surface area contributed by atoms with Crippen molar-refractivity contribution in [2.45, 2.75) is 27.7 Å². The van der Waals surface area contributed by atoms with Crippen LogP contribution in [-0.2, 0) is 19.1 Å². The summed E-state index contributed by atoms with van der Waals surface area (Å²) < 4.78 is 15.5. The lowest BCUT2D eigenvalue weighted by Crippen LogP contribution is -2.06. The van der Waals surface area contributed by atoms with Crippen LogP contribution in [0.15, 0.2) is 47.1 Å². The van der Waals surface area contributed by atoms with Gasteiger partial charge in [-0.15, -0.1) is 0 Å². The van der Waals surface area contributed by atoms with E-state index in [-0.39, 0.29) is 23.1 Å². The molecule has 2 aromatic carbocycles. The second-order valence-electron chi connectivity index (χ2n) is 6.52. The first-order valence-corrected chi connectivity index (χ1v) is 8.84. The van der Waals surface area contributed by atoms with Crippen molar-refractivity contribution in [2.75, 3.05) is 0 Å². The highest BCUT2D eigenvalue weighted by atomic mass is 16.6. The largest absolute Gasteiger partial charge is 0.427 e. The fourth-order valence-corrected chi connectivity index (χ4v) is 2.66. The lowest BCUT2D eigenvalue weighted by molar-refractivity contribution is -0.132. The number of esters is 3. The van der Waals surface area contributed by atoms with E-state index in [2.05, 4.69) is 4.99 Å². The molecule has 0 amide bonds. The van der Waals surface area contributed by atoms with Crippen molar-refractivity contribution in [3.05, 3.63) is 64.3 Å². The van der Waals surface area contributed by atoms with Crippen molar-refractivity contribution in [3.8, 4) is 11.5 Å². The highest BCUT2D eigenvalue weighted by molar-refractivity contribution is 6.13. The van der Waals surface area contributed by atoms with Crippen LogP contribution in [0.1, 0.15) is 36.1 Å². The molecule has 0 radical (unpaired) electrons. The molecule has 1 aliphatic heterocycles. The zero-order valence-electron chi connectivity index (χ0n) is 16.4. The second kappa shape index (κ2) is 8.10. The molecule has 0 N–H and O–H groups in total. The molecule has 2 aromatic rings. The van der Waals surface area contributed by atoms with Crippen LogP contribution >= 0.6 is 0 Å². The average Bonchev–Trinajstić information content (AvgIpc) is 2.99. The Bertz CT molecular complexity index is 1080. The van der Waals surface area contributed by atoms with Crippen LogP contribution in [-0.4, -0.2) is 23.8 Å². The molecule has 0 saturated heterocycles. The van der Waals surface area contributed by atoms with Crippen molar-refractivity contribution in [2.24, 2.45) is 4.99 Å². The van der Waals surface area contributed by atoms with E-state index in [0.717, 1.165) is 11.1 Å². The number of rotatable bonds is 4. The number of ether oxygens (including phenoxy) is 3. The van der Waals surface area contributed by atoms with Gasteiger partial charge in [-0.05, 0) is 55.3 Å². The molecule has 1 aliphatic rings. The SMILES string of the molecule is CC(=O)Oc1ccc(C=C2N=C(c3ccc(C)c(C)c3)OC2=O)c(OC(C)=O)c1. The minimum absolute atomic E-state index is 0.0619. The van der Waals surface area contributed by atoms with Crippen molar-refractivity contribution in [1.82, 2.24) is 0 Å². The molecule has 1 heterocycles. The van der Waals surface area contributed by atoms with E-state index >= 15 is 0 Å². The predicted octanol–water partition coefficient (Wildman–Crippen LogP) is 3.50. The van der Waals surface area contributed by atoms with Crippen LogP contribution in [0.3, 0.4) is 0 Å². The Kier molecular flexibility index (Phi) is 5.59. The van der Waals surface area contributed by atoms with Crippen molar-refractivity contribution in [3.63, 3.8) is 0 Å². The molecule has 0 saturated carbocycles. The lowest BCUT2D eigenvalue weighted by Gasteiger charge is -2.08. The number of nitrogens with zero attached hydrogens (tertiary/aromatic N) is 1. The Balaban J connectivity index is 1.98. The van der Waals surface area contributed by atoms with E-state index in [4.69, 9.17) is 14.2 Å². The molecule has 7 heteroatoms. The maximum Gasteiger partial charge on any atom is 0.363 e. The Hall–Kier alpha value is -3.74. The summed E-state index contributed by atoms with van der Waals surface area (Å²) in [5.41, 5.74) is 3.33. The van der Waals surface area contributed by atoms with Crippen LogP contribution < -0.4 is 9.47 Å². The first-order chi connectivity index (χ1) is 13.7. The van der Waals surface area contributed by atoms with Gasteiger partial charge >= 0.3 is 17.9 Å². The zero-order valence-corrected chi connectivity index (χ0v) is 16.4. The van der Waals surface area contributed by atoms with E-state index in [1.165, 1.54) is 32.1 Å². The van der Waals surface area contributed by atoms with E-state index in [1.54, 1.807) is 6.07 Å². The Morgan fingerprint density at radius 3 is 2.34 bits per heavy atom. The highest BCUT2D eigenvalue weighted by Crippen LogP contribution is 2.29. The van der Waals surface area contributed by atoms with Crippen LogP contribution in [0.25, 0.3) is 6.08 Å². The third-order valence-electron chi connectivity index (χ3n) is 4.17. The minimum Gasteiger partial charge on any atom is -0.427 e. The van der Waals surface area contributed by atoms with Gasteiger partial charge in [0, 0.05) is 31.0 Å². The summed E-state index contributed by atoms with van der Waals surface area (Å²) in [6, 6.07) is 10.1. The van der Waals surface area contributed by atoms with Crippen LogP contribution in [0, 0.1) is 13.8 Å². The van der Waals surface area contributed by atoms with Gasteiger partial charge in [0.2, 0.25) is 5.90 Å². The first kappa shape index (κ1) is 20.0. The molecule has 0 fully saturated rings. The molecule has 29 heavy (non-hydrogen) atoms. The number of hydrogen-bond donors (Lipinski definition) is 0. The fraction of sp³-hybridized carbons (Fsp3) is 0.182. The normalized spacial score (nSPS) is 14.4. The second-order valence-corrected chi connectivity index (χ2v) is 6.52. The number of benzene rings is 2. The van der Waals surface area contributed by atoms with E-state index in [9.17, 15) is 14.4 Å². The van der Waals surface area contributed by atoms with Gasteiger partial charge in [-0.2, -0.15) is 0 Å². The van der Waals surface area contributed by atoms with E-state index in [0.29, 0.717) is 11.1 Å². The van der Waals surface area contributed by atoms with Gasteiger partial charge in [-0.3, -0.25) is 9.59 Å². The smallest absolute Gasteiger partial charge is 0.363 e. The van der Waals surface area contributed by atoms with Crippen molar-refractivity contribution < 1.29 is 28.6 Å². The van der Waals surface area contributed by atoms with Crippen LogP contribution in [0.5, 0.6) is 11.5 Å². The van der Waals surface area contributed by atoms with Gasteiger partial charge in [0.25, 0.3) is 0 Å². The average molecular weight is 393 g/mol. The molecule has 0 atom stereocenters. The number of cyclic esters (lactones) is 1. The Labute approximate surface area is 167 Å². The lowest BCUT2D eigenvalue weighted by atomic mass is 10.1. The van der Waals surface area contributed by atoms with Gasteiger partial charge in [0.15, 0.2) is 5.70 Å².